The molecule has 84 valence electrons. The predicted octanol–water partition coefficient (Wildman–Crippen LogP) is 0.441. The van der Waals surface area contributed by atoms with Crippen LogP contribution in [0.15, 0.2) is 16.8 Å². The van der Waals surface area contributed by atoms with Crippen molar-refractivity contribution < 1.29 is 4.74 Å². The first-order chi connectivity index (χ1) is 7.29. The molecule has 0 aromatic rings. The first-order valence-corrected chi connectivity index (χ1v) is 5.52. The smallest absolute Gasteiger partial charge is 0.0985 e. The highest BCUT2D eigenvalue weighted by atomic mass is 16.5. The maximum Gasteiger partial charge on any atom is 0.0985 e. The van der Waals surface area contributed by atoms with Crippen LogP contribution in [0, 0.1) is 0 Å². The van der Waals surface area contributed by atoms with E-state index in [1.54, 1.807) is 19.5 Å². The largest absolute Gasteiger partial charge is 0.404 e. The van der Waals surface area contributed by atoms with Gasteiger partial charge in [0, 0.05) is 38.1 Å². The van der Waals surface area contributed by atoms with Crippen LogP contribution < -0.4 is 11.1 Å². The Morgan fingerprint density at radius 1 is 1.60 bits per heavy atom. The first-order valence-electron chi connectivity index (χ1n) is 5.52. The quantitative estimate of drug-likeness (QED) is 0.649. The fourth-order valence-electron chi connectivity index (χ4n) is 2.25. The molecular weight excluding hydrogens is 190 g/mol. The standard InChI is InChI=1S/C11H19N3O/c1-13-6-9(5-12)10-7-14-8-11(15-10)3-2-4-11/h5-6,10,14H,2-4,7-8,12H2,1H3/b9-5+,13-6?. The van der Waals surface area contributed by atoms with Crippen LogP contribution >= 0.6 is 0 Å². The average Bonchev–Trinajstić information content (AvgIpc) is 2.24. The molecule has 1 saturated heterocycles. The Hall–Kier alpha value is -0.870. The van der Waals surface area contributed by atoms with Gasteiger partial charge in [0.15, 0.2) is 0 Å². The van der Waals surface area contributed by atoms with Crippen LogP contribution in [0.2, 0.25) is 0 Å². The Bertz CT molecular complexity index is 282. The van der Waals surface area contributed by atoms with E-state index in [1.807, 2.05) is 0 Å². The fourth-order valence-corrected chi connectivity index (χ4v) is 2.25. The number of hydrogen-bond donors (Lipinski definition) is 2. The van der Waals surface area contributed by atoms with E-state index in [0.717, 1.165) is 31.5 Å². The van der Waals surface area contributed by atoms with Gasteiger partial charge in [0.2, 0.25) is 0 Å². The molecule has 4 heteroatoms. The molecule has 2 aliphatic rings. The van der Waals surface area contributed by atoms with Gasteiger partial charge in [-0.2, -0.15) is 0 Å². The van der Waals surface area contributed by atoms with Crippen molar-refractivity contribution in [2.24, 2.45) is 10.7 Å². The van der Waals surface area contributed by atoms with E-state index in [9.17, 15) is 0 Å². The summed E-state index contributed by atoms with van der Waals surface area (Å²) >= 11 is 0. The molecule has 15 heavy (non-hydrogen) atoms. The third-order valence-electron chi connectivity index (χ3n) is 3.28. The Labute approximate surface area is 90.6 Å². The number of rotatable bonds is 2. The lowest BCUT2D eigenvalue weighted by Crippen LogP contribution is -2.58. The summed E-state index contributed by atoms with van der Waals surface area (Å²) in [4.78, 5) is 3.99. The van der Waals surface area contributed by atoms with Gasteiger partial charge in [-0.3, -0.25) is 4.99 Å². The summed E-state index contributed by atoms with van der Waals surface area (Å²) in [7, 11) is 1.75. The molecule has 1 heterocycles. The van der Waals surface area contributed by atoms with E-state index < -0.39 is 0 Å². The molecule has 1 aliphatic heterocycles. The van der Waals surface area contributed by atoms with E-state index >= 15 is 0 Å². The van der Waals surface area contributed by atoms with Gasteiger partial charge in [0.1, 0.15) is 0 Å². The van der Waals surface area contributed by atoms with E-state index in [1.165, 1.54) is 6.42 Å². The molecule has 1 spiro atoms. The van der Waals surface area contributed by atoms with E-state index in [4.69, 9.17) is 10.5 Å². The number of aliphatic imine (C=N–C) groups is 1. The van der Waals surface area contributed by atoms with Crippen LogP contribution in [0.25, 0.3) is 0 Å². The summed E-state index contributed by atoms with van der Waals surface area (Å²) in [6.45, 7) is 1.81. The van der Waals surface area contributed by atoms with Crippen LogP contribution in [-0.4, -0.2) is 38.1 Å². The highest BCUT2D eigenvalue weighted by Gasteiger charge is 2.42. The van der Waals surface area contributed by atoms with Crippen molar-refractivity contribution in [3.05, 3.63) is 11.8 Å². The summed E-state index contributed by atoms with van der Waals surface area (Å²) in [6.07, 6.45) is 7.04. The SMILES string of the molecule is CN=C/C(=C\N)C1CNCC2(CCC2)O1. The fraction of sp³-hybridized carbons (Fsp3) is 0.727. The van der Waals surface area contributed by atoms with Crippen molar-refractivity contribution in [1.29, 1.82) is 0 Å². The Morgan fingerprint density at radius 2 is 2.40 bits per heavy atom. The molecule has 2 rings (SSSR count). The van der Waals surface area contributed by atoms with Gasteiger partial charge in [-0.05, 0) is 19.3 Å². The summed E-state index contributed by atoms with van der Waals surface area (Å²) in [6, 6.07) is 0. The summed E-state index contributed by atoms with van der Waals surface area (Å²) in [5.74, 6) is 0. The van der Waals surface area contributed by atoms with Gasteiger partial charge < -0.3 is 15.8 Å². The maximum absolute atomic E-state index is 6.11. The number of nitrogens with one attached hydrogen (secondary N) is 1. The van der Waals surface area contributed by atoms with Gasteiger partial charge in [-0.15, -0.1) is 0 Å². The molecule has 0 radical (unpaired) electrons. The Balaban J connectivity index is 2.03. The van der Waals surface area contributed by atoms with Crippen molar-refractivity contribution in [1.82, 2.24) is 5.32 Å². The normalized spacial score (nSPS) is 30.7. The zero-order chi connectivity index (χ0) is 10.7. The number of nitrogens with two attached hydrogens (primary N) is 1. The minimum absolute atomic E-state index is 0.0627. The summed E-state index contributed by atoms with van der Waals surface area (Å²) in [5, 5.41) is 3.42. The van der Waals surface area contributed by atoms with E-state index in [2.05, 4.69) is 10.3 Å². The summed E-state index contributed by atoms with van der Waals surface area (Å²) < 4.78 is 6.11. The average molecular weight is 209 g/mol. The number of ether oxygens (including phenoxy) is 1. The molecule has 1 atom stereocenters. The van der Waals surface area contributed by atoms with Crippen molar-refractivity contribution in [3.63, 3.8) is 0 Å². The molecule has 1 aliphatic carbocycles. The summed E-state index contributed by atoms with van der Waals surface area (Å²) in [5.41, 5.74) is 6.63. The third kappa shape index (κ3) is 2.06. The zero-order valence-electron chi connectivity index (χ0n) is 9.20. The van der Waals surface area contributed by atoms with E-state index in [0.29, 0.717) is 0 Å². The molecule has 4 nitrogen and oxygen atoms in total. The first kappa shape index (κ1) is 10.6. The monoisotopic (exact) mass is 209 g/mol. The molecule has 3 N–H and O–H groups in total. The highest BCUT2D eigenvalue weighted by molar-refractivity contribution is 5.79. The molecule has 0 amide bonds. The maximum atomic E-state index is 6.11. The lowest BCUT2D eigenvalue weighted by atomic mass is 9.78. The lowest BCUT2D eigenvalue weighted by molar-refractivity contribution is -0.143. The van der Waals surface area contributed by atoms with Crippen molar-refractivity contribution in [2.75, 3.05) is 20.1 Å². The molecule has 0 aromatic carbocycles. The molecule has 0 aromatic heterocycles. The highest BCUT2D eigenvalue weighted by Crippen LogP contribution is 2.38. The van der Waals surface area contributed by atoms with Crippen LogP contribution in [0.4, 0.5) is 0 Å². The van der Waals surface area contributed by atoms with Crippen molar-refractivity contribution in [2.45, 2.75) is 31.0 Å². The van der Waals surface area contributed by atoms with Crippen molar-refractivity contribution in [3.8, 4) is 0 Å². The number of nitrogens with zero attached hydrogens (tertiary/aromatic N) is 1. The second kappa shape index (κ2) is 4.33. The van der Waals surface area contributed by atoms with Crippen LogP contribution in [0.3, 0.4) is 0 Å². The molecule has 1 unspecified atom stereocenters. The van der Waals surface area contributed by atoms with Crippen LogP contribution in [0.1, 0.15) is 19.3 Å². The topological polar surface area (TPSA) is 59.6 Å². The lowest BCUT2D eigenvalue weighted by Gasteiger charge is -2.47. The molecule has 1 saturated carbocycles. The van der Waals surface area contributed by atoms with Gasteiger partial charge in [0.05, 0.1) is 11.7 Å². The van der Waals surface area contributed by atoms with Gasteiger partial charge in [0.25, 0.3) is 0 Å². The third-order valence-corrected chi connectivity index (χ3v) is 3.28. The van der Waals surface area contributed by atoms with Gasteiger partial charge in [-0.1, -0.05) is 0 Å². The predicted molar refractivity (Wildman–Crippen MR) is 61.0 cm³/mol. The minimum Gasteiger partial charge on any atom is -0.404 e. The number of hydrogen-bond acceptors (Lipinski definition) is 4. The number of morpholine rings is 1. The Morgan fingerprint density at radius 3 is 2.93 bits per heavy atom. The Kier molecular flexibility index (Phi) is 3.07. The van der Waals surface area contributed by atoms with Gasteiger partial charge in [-0.25, -0.2) is 0 Å². The van der Waals surface area contributed by atoms with Crippen molar-refractivity contribution >= 4 is 6.21 Å². The van der Waals surface area contributed by atoms with Gasteiger partial charge >= 0.3 is 0 Å². The molecule has 0 bridgehead atoms. The second-order valence-electron chi connectivity index (χ2n) is 4.33. The minimum atomic E-state index is 0.0627. The molecular formula is C11H19N3O. The second-order valence-corrected chi connectivity index (χ2v) is 4.33. The molecule has 2 fully saturated rings. The van der Waals surface area contributed by atoms with E-state index in [-0.39, 0.29) is 11.7 Å². The zero-order valence-corrected chi connectivity index (χ0v) is 9.20. The van der Waals surface area contributed by atoms with Crippen LogP contribution in [-0.2, 0) is 4.74 Å². The van der Waals surface area contributed by atoms with Crippen LogP contribution in [0.5, 0.6) is 0 Å².